The van der Waals surface area contributed by atoms with Crippen LogP contribution in [-0.4, -0.2) is 12.1 Å². The Labute approximate surface area is 123 Å². The zero-order chi connectivity index (χ0) is 14.6. The third-order valence-electron chi connectivity index (χ3n) is 4.71. The highest BCUT2D eigenvalue weighted by Gasteiger charge is 2.36. The number of hydrogen-bond acceptors (Lipinski definition) is 2. The van der Waals surface area contributed by atoms with Crippen LogP contribution in [0.4, 0.5) is 0 Å². The Morgan fingerprint density at radius 1 is 1.15 bits per heavy atom. The molecule has 112 valence electrons. The second-order valence-corrected chi connectivity index (χ2v) is 7.48. The summed E-state index contributed by atoms with van der Waals surface area (Å²) in [5.74, 6) is 0.799. The summed E-state index contributed by atoms with van der Waals surface area (Å²) in [7, 11) is 0. The van der Waals surface area contributed by atoms with Gasteiger partial charge in [-0.25, -0.2) is 0 Å². The summed E-state index contributed by atoms with van der Waals surface area (Å²) in [4.78, 5) is 0. The average Bonchev–Trinajstić information content (AvgIpc) is 2.39. The topological polar surface area (TPSA) is 35.2 Å². The Morgan fingerprint density at radius 2 is 1.75 bits per heavy atom. The Bertz CT molecular complexity index is 399. The van der Waals surface area contributed by atoms with E-state index in [0.29, 0.717) is 18.6 Å². The smallest absolute Gasteiger partial charge is 0.0717 e. The van der Waals surface area contributed by atoms with Crippen LogP contribution in [0, 0.1) is 11.3 Å². The van der Waals surface area contributed by atoms with Crippen LogP contribution in [-0.2, 0) is 11.3 Å². The first kappa shape index (κ1) is 15.5. The molecule has 0 aromatic heterocycles. The predicted octanol–water partition coefficient (Wildman–Crippen LogP) is 4.14. The predicted molar refractivity (Wildman–Crippen MR) is 84.4 cm³/mol. The molecular formula is C18H29NO. The Balaban J connectivity index is 1.76. The molecule has 0 radical (unpaired) electrons. The molecule has 0 unspecified atom stereocenters. The average molecular weight is 275 g/mol. The molecule has 1 aliphatic carbocycles. The molecule has 20 heavy (non-hydrogen) atoms. The molecule has 1 aromatic rings. The molecule has 1 fully saturated rings. The van der Waals surface area contributed by atoms with Crippen LogP contribution < -0.4 is 5.73 Å². The lowest BCUT2D eigenvalue weighted by Gasteiger charge is -2.42. The molecule has 2 rings (SSSR count). The van der Waals surface area contributed by atoms with Gasteiger partial charge in [0.2, 0.25) is 0 Å². The minimum absolute atomic E-state index is 0.115. The van der Waals surface area contributed by atoms with Crippen LogP contribution in [0.5, 0.6) is 0 Å². The molecule has 0 atom stereocenters. The first-order valence-electron chi connectivity index (χ1n) is 7.80. The molecule has 0 saturated heterocycles. The van der Waals surface area contributed by atoms with Crippen LogP contribution in [0.3, 0.4) is 0 Å². The molecule has 2 nitrogen and oxygen atoms in total. The zero-order valence-corrected chi connectivity index (χ0v) is 13.2. The highest BCUT2D eigenvalue weighted by atomic mass is 16.5. The third kappa shape index (κ3) is 4.32. The maximum absolute atomic E-state index is 6.50. The van der Waals surface area contributed by atoms with E-state index in [9.17, 15) is 0 Å². The van der Waals surface area contributed by atoms with Gasteiger partial charge in [-0.3, -0.25) is 0 Å². The number of benzene rings is 1. The Morgan fingerprint density at radius 3 is 2.30 bits per heavy atom. The monoisotopic (exact) mass is 275 g/mol. The summed E-state index contributed by atoms with van der Waals surface area (Å²) in [5.41, 5.74) is 8.02. The fourth-order valence-electron chi connectivity index (χ4n) is 3.15. The Hall–Kier alpha value is -0.860. The largest absolute Gasteiger partial charge is 0.375 e. The lowest BCUT2D eigenvalue weighted by Crippen LogP contribution is -2.48. The van der Waals surface area contributed by atoms with Crippen molar-refractivity contribution < 1.29 is 4.74 Å². The van der Waals surface area contributed by atoms with E-state index in [1.165, 1.54) is 18.4 Å². The van der Waals surface area contributed by atoms with Gasteiger partial charge in [-0.2, -0.15) is 0 Å². The molecule has 0 aliphatic heterocycles. The zero-order valence-electron chi connectivity index (χ0n) is 13.2. The minimum Gasteiger partial charge on any atom is -0.375 e. The molecule has 1 aliphatic rings. The van der Waals surface area contributed by atoms with Gasteiger partial charge in [-0.1, -0.05) is 51.1 Å². The highest BCUT2D eigenvalue weighted by molar-refractivity contribution is 5.13. The van der Waals surface area contributed by atoms with Crippen LogP contribution in [0.1, 0.15) is 52.0 Å². The van der Waals surface area contributed by atoms with Gasteiger partial charge in [0, 0.05) is 5.54 Å². The third-order valence-corrected chi connectivity index (χ3v) is 4.71. The number of ether oxygens (including phenoxy) is 1. The maximum Gasteiger partial charge on any atom is 0.0717 e. The summed E-state index contributed by atoms with van der Waals surface area (Å²) in [6.45, 7) is 8.37. The molecule has 2 N–H and O–H groups in total. The molecule has 1 aromatic carbocycles. The second kappa shape index (κ2) is 6.28. The van der Waals surface area contributed by atoms with Gasteiger partial charge in [0.05, 0.1) is 13.2 Å². The lowest BCUT2D eigenvalue weighted by molar-refractivity contribution is 0.0365. The van der Waals surface area contributed by atoms with E-state index >= 15 is 0 Å². The van der Waals surface area contributed by atoms with Crippen molar-refractivity contribution in [1.29, 1.82) is 0 Å². The van der Waals surface area contributed by atoms with Gasteiger partial charge >= 0.3 is 0 Å². The molecule has 2 heteroatoms. The van der Waals surface area contributed by atoms with Crippen molar-refractivity contribution in [3.63, 3.8) is 0 Å². The van der Waals surface area contributed by atoms with Gasteiger partial charge in [-0.05, 0) is 42.6 Å². The number of nitrogens with two attached hydrogens (primary N) is 1. The fourth-order valence-corrected chi connectivity index (χ4v) is 3.15. The summed E-state index contributed by atoms with van der Waals surface area (Å²) >= 11 is 0. The SMILES string of the molecule is CC(C)(C)C1CCC(N)(COCc2ccccc2)CC1. The van der Waals surface area contributed by atoms with Gasteiger partial charge in [0.15, 0.2) is 0 Å². The Kier molecular flexibility index (Phi) is 4.87. The van der Waals surface area contributed by atoms with Gasteiger partial charge in [0.1, 0.15) is 0 Å². The standard InChI is InChI=1S/C18H29NO/c1-17(2,3)16-9-11-18(19,12-10-16)14-20-13-15-7-5-4-6-8-15/h4-8,16H,9-14,19H2,1-3H3. The van der Waals surface area contributed by atoms with E-state index in [1.54, 1.807) is 0 Å². The molecule has 1 saturated carbocycles. The first-order chi connectivity index (χ1) is 9.39. The maximum atomic E-state index is 6.50. The first-order valence-corrected chi connectivity index (χ1v) is 7.80. The summed E-state index contributed by atoms with van der Waals surface area (Å²) < 4.78 is 5.86. The van der Waals surface area contributed by atoms with Crippen LogP contribution >= 0.6 is 0 Å². The normalized spacial score (nSPS) is 27.5. The van der Waals surface area contributed by atoms with Crippen molar-refractivity contribution in [2.75, 3.05) is 6.61 Å². The highest BCUT2D eigenvalue weighted by Crippen LogP contribution is 2.40. The molecule has 0 amide bonds. The van der Waals surface area contributed by atoms with Crippen LogP contribution in [0.25, 0.3) is 0 Å². The van der Waals surface area contributed by atoms with E-state index < -0.39 is 0 Å². The van der Waals surface area contributed by atoms with E-state index in [4.69, 9.17) is 10.5 Å². The lowest BCUT2D eigenvalue weighted by atomic mass is 9.68. The number of hydrogen-bond donors (Lipinski definition) is 1. The minimum atomic E-state index is -0.115. The van der Waals surface area contributed by atoms with Crippen LogP contribution in [0.2, 0.25) is 0 Å². The molecule has 0 spiro atoms. The summed E-state index contributed by atoms with van der Waals surface area (Å²) in [5, 5.41) is 0. The van der Waals surface area contributed by atoms with Crippen molar-refractivity contribution >= 4 is 0 Å². The second-order valence-electron chi connectivity index (χ2n) is 7.48. The van der Waals surface area contributed by atoms with Gasteiger partial charge in [0.25, 0.3) is 0 Å². The van der Waals surface area contributed by atoms with Crippen molar-refractivity contribution in [1.82, 2.24) is 0 Å². The van der Waals surface area contributed by atoms with Gasteiger partial charge in [-0.15, -0.1) is 0 Å². The quantitative estimate of drug-likeness (QED) is 0.896. The van der Waals surface area contributed by atoms with E-state index in [0.717, 1.165) is 18.8 Å². The van der Waals surface area contributed by atoms with E-state index in [1.807, 2.05) is 18.2 Å². The van der Waals surface area contributed by atoms with Crippen LogP contribution in [0.15, 0.2) is 30.3 Å². The summed E-state index contributed by atoms with van der Waals surface area (Å²) in [6, 6.07) is 10.3. The van der Waals surface area contributed by atoms with Gasteiger partial charge < -0.3 is 10.5 Å². The van der Waals surface area contributed by atoms with Crippen molar-refractivity contribution in [3.8, 4) is 0 Å². The fraction of sp³-hybridized carbons (Fsp3) is 0.667. The molecular weight excluding hydrogens is 246 g/mol. The molecule has 0 heterocycles. The van der Waals surface area contributed by atoms with Crippen molar-refractivity contribution in [2.45, 2.75) is 58.6 Å². The van der Waals surface area contributed by atoms with Crippen molar-refractivity contribution in [3.05, 3.63) is 35.9 Å². The number of rotatable bonds is 4. The van der Waals surface area contributed by atoms with E-state index in [2.05, 4.69) is 32.9 Å². The molecule has 0 bridgehead atoms. The summed E-state index contributed by atoms with van der Waals surface area (Å²) in [6.07, 6.45) is 4.64. The van der Waals surface area contributed by atoms with Crippen molar-refractivity contribution in [2.24, 2.45) is 17.1 Å². The van der Waals surface area contributed by atoms with E-state index in [-0.39, 0.29) is 5.54 Å².